The second-order valence-electron chi connectivity index (χ2n) is 6.10. The largest absolute Gasteiger partial charge is 0.272 e. The predicted octanol–water partition coefficient (Wildman–Crippen LogP) is 4.73. The molecule has 3 aromatic rings. The highest BCUT2D eigenvalue weighted by Crippen LogP contribution is 2.31. The summed E-state index contributed by atoms with van der Waals surface area (Å²) in [5.41, 5.74) is 2.31. The Morgan fingerprint density at radius 1 is 1.18 bits per heavy atom. The Kier molecular flexibility index (Phi) is 5.43. The van der Waals surface area contributed by atoms with Crippen molar-refractivity contribution < 1.29 is 4.92 Å². The van der Waals surface area contributed by atoms with Crippen molar-refractivity contribution in [3.8, 4) is 5.69 Å². The molecule has 0 bridgehead atoms. The summed E-state index contributed by atoms with van der Waals surface area (Å²) in [4.78, 5) is 28.9. The molecule has 0 unspecified atom stereocenters. The number of fused-ring (bicyclic) bond motifs is 1. The van der Waals surface area contributed by atoms with E-state index in [0.29, 0.717) is 26.5 Å². The number of nitro groups is 1. The molecule has 0 atom stereocenters. The summed E-state index contributed by atoms with van der Waals surface area (Å²) in [6.45, 7) is 0. The molecule has 0 N–H and O–H groups in total. The van der Waals surface area contributed by atoms with Crippen molar-refractivity contribution in [3.63, 3.8) is 0 Å². The predicted molar refractivity (Wildman–Crippen MR) is 112 cm³/mol. The van der Waals surface area contributed by atoms with Gasteiger partial charge in [0.05, 0.1) is 21.2 Å². The number of hydrogen-bond acceptors (Lipinski definition) is 6. The first-order valence-corrected chi connectivity index (χ1v) is 10.8. The number of benzene rings is 2. The summed E-state index contributed by atoms with van der Waals surface area (Å²) >= 11 is 8.90. The second-order valence-corrected chi connectivity index (χ2v) is 8.58. The number of thioether (sulfide) groups is 2. The van der Waals surface area contributed by atoms with Crippen molar-refractivity contribution in [1.29, 1.82) is 0 Å². The Morgan fingerprint density at radius 3 is 2.57 bits per heavy atom. The molecule has 1 aliphatic rings. The van der Waals surface area contributed by atoms with Gasteiger partial charge in [0.25, 0.3) is 11.2 Å². The van der Waals surface area contributed by atoms with E-state index in [1.54, 1.807) is 16.7 Å². The van der Waals surface area contributed by atoms with Crippen molar-refractivity contribution >= 4 is 40.8 Å². The van der Waals surface area contributed by atoms with Crippen molar-refractivity contribution in [2.75, 3.05) is 5.75 Å². The standard InChI is InChI=1S/C19H14ClN3O3S2/c20-13-3-1-12(2-4-13)11-28-19-21-16-9-10-27-17(16)18(24)22(19)14-5-7-15(8-6-14)23(25)26/h1-8H,9-11H2. The van der Waals surface area contributed by atoms with Crippen LogP contribution in [0.3, 0.4) is 0 Å². The van der Waals surface area contributed by atoms with Gasteiger partial charge in [-0.3, -0.25) is 19.5 Å². The van der Waals surface area contributed by atoms with Gasteiger partial charge >= 0.3 is 0 Å². The highest BCUT2D eigenvalue weighted by atomic mass is 35.5. The fraction of sp³-hybridized carbons (Fsp3) is 0.158. The number of rotatable bonds is 5. The van der Waals surface area contributed by atoms with Gasteiger partial charge < -0.3 is 0 Å². The molecule has 142 valence electrons. The molecule has 0 spiro atoms. The van der Waals surface area contributed by atoms with Crippen LogP contribution in [0.25, 0.3) is 5.69 Å². The first-order valence-electron chi connectivity index (χ1n) is 8.44. The second kappa shape index (κ2) is 7.98. The lowest BCUT2D eigenvalue weighted by Crippen LogP contribution is -2.23. The van der Waals surface area contributed by atoms with Crippen LogP contribution in [-0.2, 0) is 12.2 Å². The van der Waals surface area contributed by atoms with Gasteiger partial charge in [0.2, 0.25) is 0 Å². The number of nitrogens with zero attached hydrogens (tertiary/aromatic N) is 3. The topological polar surface area (TPSA) is 78.0 Å². The van der Waals surface area contributed by atoms with E-state index in [9.17, 15) is 14.9 Å². The van der Waals surface area contributed by atoms with Crippen LogP contribution in [-0.4, -0.2) is 20.2 Å². The smallest absolute Gasteiger partial charge is 0.268 e. The van der Waals surface area contributed by atoms with Crippen LogP contribution in [0.2, 0.25) is 5.02 Å². The van der Waals surface area contributed by atoms with Crippen LogP contribution < -0.4 is 5.56 Å². The van der Waals surface area contributed by atoms with Crippen molar-refractivity contribution in [2.24, 2.45) is 0 Å². The van der Waals surface area contributed by atoms with Crippen molar-refractivity contribution in [3.05, 3.63) is 85.3 Å². The molecular weight excluding hydrogens is 418 g/mol. The minimum atomic E-state index is -0.459. The third-order valence-electron chi connectivity index (χ3n) is 4.27. The fourth-order valence-corrected chi connectivity index (χ4v) is 5.00. The van der Waals surface area contributed by atoms with Gasteiger partial charge in [0.15, 0.2) is 5.16 Å². The van der Waals surface area contributed by atoms with Crippen LogP contribution >= 0.6 is 35.1 Å². The Bertz CT molecular complexity index is 1100. The molecule has 2 heterocycles. The van der Waals surface area contributed by atoms with Gasteiger partial charge in [0, 0.05) is 35.1 Å². The molecule has 28 heavy (non-hydrogen) atoms. The van der Waals surface area contributed by atoms with Gasteiger partial charge in [-0.1, -0.05) is 35.5 Å². The van der Waals surface area contributed by atoms with Crippen LogP contribution in [0.4, 0.5) is 5.69 Å². The lowest BCUT2D eigenvalue weighted by atomic mass is 10.2. The average Bonchev–Trinajstić information content (AvgIpc) is 3.17. The zero-order chi connectivity index (χ0) is 19.7. The van der Waals surface area contributed by atoms with Crippen LogP contribution in [0.5, 0.6) is 0 Å². The number of aromatic nitrogens is 2. The summed E-state index contributed by atoms with van der Waals surface area (Å²) in [6, 6.07) is 13.5. The number of hydrogen-bond donors (Lipinski definition) is 0. The Morgan fingerprint density at radius 2 is 1.89 bits per heavy atom. The highest BCUT2D eigenvalue weighted by Gasteiger charge is 2.23. The maximum atomic E-state index is 13.1. The maximum absolute atomic E-state index is 13.1. The van der Waals surface area contributed by atoms with Gasteiger partial charge in [-0.05, 0) is 29.8 Å². The zero-order valence-corrected chi connectivity index (χ0v) is 16.9. The molecule has 6 nitrogen and oxygen atoms in total. The number of aryl methyl sites for hydroxylation is 1. The number of halogens is 1. The molecule has 0 aliphatic carbocycles. The first kappa shape index (κ1) is 19.0. The van der Waals surface area contributed by atoms with E-state index in [-0.39, 0.29) is 11.2 Å². The fourth-order valence-electron chi connectivity index (χ4n) is 2.87. The zero-order valence-electron chi connectivity index (χ0n) is 14.5. The van der Waals surface area contributed by atoms with Crippen LogP contribution in [0.1, 0.15) is 11.3 Å². The maximum Gasteiger partial charge on any atom is 0.272 e. The molecule has 0 fully saturated rings. The monoisotopic (exact) mass is 431 g/mol. The van der Waals surface area contributed by atoms with E-state index in [0.717, 1.165) is 23.4 Å². The normalized spacial score (nSPS) is 12.8. The quantitative estimate of drug-likeness (QED) is 0.251. The van der Waals surface area contributed by atoms with E-state index in [2.05, 4.69) is 0 Å². The number of non-ortho nitro benzene ring substituents is 1. The van der Waals surface area contributed by atoms with Gasteiger partial charge in [-0.2, -0.15) is 0 Å². The third-order valence-corrected chi connectivity index (χ3v) is 6.64. The molecule has 9 heteroatoms. The summed E-state index contributed by atoms with van der Waals surface area (Å²) in [6.07, 6.45) is 0.769. The molecule has 2 aromatic carbocycles. The summed E-state index contributed by atoms with van der Waals surface area (Å²) in [5, 5.41) is 12.2. The van der Waals surface area contributed by atoms with Crippen LogP contribution in [0, 0.1) is 10.1 Å². The van der Waals surface area contributed by atoms with Crippen molar-refractivity contribution in [1.82, 2.24) is 9.55 Å². The minimum Gasteiger partial charge on any atom is -0.268 e. The third kappa shape index (κ3) is 3.80. The minimum absolute atomic E-state index is 0.0179. The average molecular weight is 432 g/mol. The van der Waals surface area contributed by atoms with E-state index in [4.69, 9.17) is 16.6 Å². The van der Waals surface area contributed by atoms with Crippen molar-refractivity contribution in [2.45, 2.75) is 22.2 Å². The highest BCUT2D eigenvalue weighted by molar-refractivity contribution is 7.99. The van der Waals surface area contributed by atoms with E-state index in [1.807, 2.05) is 24.3 Å². The Labute approximate surface area is 174 Å². The molecule has 1 aromatic heterocycles. The molecule has 0 amide bonds. The number of nitro benzene ring substituents is 1. The van der Waals surface area contributed by atoms with E-state index < -0.39 is 4.92 Å². The van der Waals surface area contributed by atoms with Crippen LogP contribution in [0.15, 0.2) is 63.4 Å². The summed E-state index contributed by atoms with van der Waals surface area (Å²) in [5.74, 6) is 1.46. The first-order chi connectivity index (χ1) is 13.5. The van der Waals surface area contributed by atoms with Gasteiger partial charge in [-0.25, -0.2) is 4.98 Å². The molecule has 0 saturated heterocycles. The van der Waals surface area contributed by atoms with E-state index >= 15 is 0 Å². The SMILES string of the molecule is O=c1c2c(nc(SCc3ccc(Cl)cc3)n1-c1ccc([N+](=O)[O-])cc1)CCS2. The van der Waals surface area contributed by atoms with E-state index in [1.165, 1.54) is 35.7 Å². The molecule has 4 rings (SSSR count). The summed E-state index contributed by atoms with van der Waals surface area (Å²) < 4.78 is 1.54. The van der Waals surface area contributed by atoms with Gasteiger partial charge in [0.1, 0.15) is 0 Å². The van der Waals surface area contributed by atoms with Gasteiger partial charge in [-0.15, -0.1) is 11.8 Å². The summed E-state index contributed by atoms with van der Waals surface area (Å²) in [7, 11) is 0. The molecule has 1 aliphatic heterocycles. The lowest BCUT2D eigenvalue weighted by molar-refractivity contribution is -0.384. The molecule has 0 saturated carbocycles. The lowest BCUT2D eigenvalue weighted by Gasteiger charge is -2.13. The Hall–Kier alpha value is -2.29. The molecular formula is C19H14ClN3O3S2. The Balaban J connectivity index is 1.74. The molecule has 0 radical (unpaired) electrons.